The largest absolute Gasteiger partial charge is 0.494 e. The summed E-state index contributed by atoms with van der Waals surface area (Å²) >= 11 is 0. The molecule has 7 heteroatoms. The number of nitriles is 1. The second kappa shape index (κ2) is 8.88. The quantitative estimate of drug-likeness (QED) is 0.675. The molecule has 1 N–H and O–H groups in total. The van der Waals surface area contributed by atoms with E-state index in [4.69, 9.17) is 4.74 Å². The van der Waals surface area contributed by atoms with Gasteiger partial charge < -0.3 is 9.84 Å². The molecule has 0 aliphatic carbocycles. The van der Waals surface area contributed by atoms with Crippen LogP contribution >= 0.6 is 0 Å². The van der Waals surface area contributed by atoms with E-state index < -0.39 is 11.5 Å². The smallest absolute Gasteiger partial charge is 0.357 e. The molecule has 0 bridgehead atoms. The summed E-state index contributed by atoms with van der Waals surface area (Å²) in [6, 6.07) is 15.8. The topological polar surface area (TPSA) is 105 Å². The van der Waals surface area contributed by atoms with E-state index in [2.05, 4.69) is 5.10 Å². The summed E-state index contributed by atoms with van der Waals surface area (Å²) in [7, 11) is 0. The lowest BCUT2D eigenvalue weighted by Gasteiger charge is -2.10. The number of nitrogens with zero attached hydrogens (tertiary/aromatic N) is 3. The molecular weight excluding hydrogens is 382 g/mol. The number of carbonyl (C=O) groups is 1. The lowest BCUT2D eigenvalue weighted by Crippen LogP contribution is -2.28. The molecule has 0 aliphatic rings. The minimum atomic E-state index is -1.34. The standard InChI is InChI=1S/C23H19N3O4/c1-3-30-18-11-9-17(10-12-18)26-22(27)20(14-24)19(21(25-26)23(28)29)13-8-16-6-4-15(2)5-7-16/h4-13H,3H2,1-2H3,(H,28,29)/b13-8-. The van der Waals surface area contributed by atoms with Crippen LogP contribution in [0.2, 0.25) is 0 Å². The Bertz CT molecular complexity index is 1200. The molecule has 30 heavy (non-hydrogen) atoms. The zero-order chi connectivity index (χ0) is 21.7. The molecular formula is C23H19N3O4. The van der Waals surface area contributed by atoms with Crippen LogP contribution in [-0.2, 0) is 0 Å². The van der Waals surface area contributed by atoms with E-state index in [0.29, 0.717) is 18.0 Å². The van der Waals surface area contributed by atoms with Crippen LogP contribution in [0.4, 0.5) is 0 Å². The molecule has 1 aromatic heterocycles. The fourth-order valence-corrected chi connectivity index (χ4v) is 2.85. The molecule has 0 radical (unpaired) electrons. The van der Waals surface area contributed by atoms with E-state index in [9.17, 15) is 20.0 Å². The normalized spacial score (nSPS) is 10.7. The van der Waals surface area contributed by atoms with Gasteiger partial charge in [-0.2, -0.15) is 15.0 Å². The van der Waals surface area contributed by atoms with Crippen molar-refractivity contribution in [2.75, 3.05) is 6.61 Å². The van der Waals surface area contributed by atoms with Crippen LogP contribution < -0.4 is 10.3 Å². The molecule has 0 fully saturated rings. The summed E-state index contributed by atoms with van der Waals surface area (Å²) < 4.78 is 6.29. The van der Waals surface area contributed by atoms with E-state index >= 15 is 0 Å². The van der Waals surface area contributed by atoms with Gasteiger partial charge in [-0.3, -0.25) is 4.79 Å². The van der Waals surface area contributed by atoms with Crippen molar-refractivity contribution >= 4 is 18.1 Å². The molecule has 7 nitrogen and oxygen atoms in total. The third-order valence-electron chi connectivity index (χ3n) is 4.36. The van der Waals surface area contributed by atoms with Crippen molar-refractivity contribution in [1.29, 1.82) is 5.26 Å². The maximum atomic E-state index is 12.9. The van der Waals surface area contributed by atoms with Crippen molar-refractivity contribution in [3.8, 4) is 17.5 Å². The molecule has 0 atom stereocenters. The highest BCUT2D eigenvalue weighted by Crippen LogP contribution is 2.18. The Labute approximate surface area is 173 Å². The van der Waals surface area contributed by atoms with Crippen molar-refractivity contribution in [2.24, 2.45) is 0 Å². The first-order valence-electron chi connectivity index (χ1n) is 9.23. The average molecular weight is 401 g/mol. The molecule has 150 valence electrons. The summed E-state index contributed by atoms with van der Waals surface area (Å²) in [6.07, 6.45) is 3.08. The Morgan fingerprint density at radius 3 is 2.40 bits per heavy atom. The fraction of sp³-hybridized carbons (Fsp3) is 0.130. The number of aryl methyl sites for hydroxylation is 1. The van der Waals surface area contributed by atoms with Gasteiger partial charge in [-0.05, 0) is 43.7 Å². The van der Waals surface area contributed by atoms with Crippen LogP contribution in [0, 0.1) is 18.3 Å². The molecule has 1 heterocycles. The molecule has 0 unspecified atom stereocenters. The van der Waals surface area contributed by atoms with Crippen molar-refractivity contribution < 1.29 is 14.6 Å². The SMILES string of the molecule is CCOc1ccc(-n2nc(C(=O)O)c(/C=C\c3ccc(C)cc3)c(C#N)c2=O)cc1. The van der Waals surface area contributed by atoms with Gasteiger partial charge in [0.05, 0.1) is 12.3 Å². The third-order valence-corrected chi connectivity index (χ3v) is 4.36. The Hall–Kier alpha value is -4.18. The summed E-state index contributed by atoms with van der Waals surface area (Å²) in [5.74, 6) is -0.736. The van der Waals surface area contributed by atoms with E-state index in [-0.39, 0.29) is 16.8 Å². The molecule has 0 saturated heterocycles. The van der Waals surface area contributed by atoms with Gasteiger partial charge >= 0.3 is 5.97 Å². The van der Waals surface area contributed by atoms with Gasteiger partial charge in [0.1, 0.15) is 17.4 Å². The Kier molecular flexibility index (Phi) is 6.08. The van der Waals surface area contributed by atoms with E-state index in [1.807, 2.05) is 44.2 Å². The van der Waals surface area contributed by atoms with Gasteiger partial charge in [0.25, 0.3) is 5.56 Å². The van der Waals surface area contributed by atoms with Crippen LogP contribution in [0.1, 0.15) is 39.7 Å². The second-order valence-electron chi connectivity index (χ2n) is 6.44. The minimum absolute atomic E-state index is 0.0299. The van der Waals surface area contributed by atoms with Gasteiger partial charge in [-0.25, -0.2) is 4.79 Å². The Balaban J connectivity index is 2.13. The zero-order valence-electron chi connectivity index (χ0n) is 16.5. The fourth-order valence-electron chi connectivity index (χ4n) is 2.85. The molecule has 3 aromatic rings. The average Bonchev–Trinajstić information content (AvgIpc) is 2.74. The number of hydrogen-bond donors (Lipinski definition) is 1. The monoisotopic (exact) mass is 401 g/mol. The van der Waals surface area contributed by atoms with E-state index in [1.165, 1.54) is 6.08 Å². The highest BCUT2D eigenvalue weighted by atomic mass is 16.5. The lowest BCUT2D eigenvalue weighted by molar-refractivity contribution is 0.0688. The molecule has 3 rings (SSSR count). The van der Waals surface area contributed by atoms with Crippen molar-refractivity contribution in [3.63, 3.8) is 0 Å². The predicted octanol–water partition coefficient (Wildman–Crippen LogP) is 3.68. The number of hydrogen-bond acceptors (Lipinski definition) is 5. The minimum Gasteiger partial charge on any atom is -0.494 e. The van der Waals surface area contributed by atoms with E-state index in [0.717, 1.165) is 15.8 Å². The van der Waals surface area contributed by atoms with Crippen molar-refractivity contribution in [1.82, 2.24) is 9.78 Å². The number of aromatic carboxylic acids is 1. The maximum absolute atomic E-state index is 12.9. The summed E-state index contributed by atoms with van der Waals surface area (Å²) in [6.45, 7) is 4.29. The van der Waals surface area contributed by atoms with Gasteiger partial charge in [-0.15, -0.1) is 0 Å². The Morgan fingerprint density at radius 1 is 1.17 bits per heavy atom. The molecule has 2 aromatic carbocycles. The zero-order valence-corrected chi connectivity index (χ0v) is 16.5. The number of benzene rings is 2. The molecule has 0 amide bonds. The van der Waals surface area contributed by atoms with Gasteiger partial charge in [0.15, 0.2) is 5.69 Å². The number of rotatable bonds is 6. The predicted molar refractivity (Wildman–Crippen MR) is 113 cm³/mol. The van der Waals surface area contributed by atoms with Crippen LogP contribution in [0.3, 0.4) is 0 Å². The van der Waals surface area contributed by atoms with Crippen LogP contribution in [0.5, 0.6) is 5.75 Å². The van der Waals surface area contributed by atoms with Crippen LogP contribution in [0.15, 0.2) is 53.3 Å². The third kappa shape index (κ3) is 4.28. The van der Waals surface area contributed by atoms with Crippen molar-refractivity contribution in [3.05, 3.63) is 86.8 Å². The lowest BCUT2D eigenvalue weighted by atomic mass is 10.1. The number of carboxylic acids is 1. The van der Waals surface area contributed by atoms with Gasteiger partial charge in [0, 0.05) is 5.56 Å². The van der Waals surface area contributed by atoms with Gasteiger partial charge in [-0.1, -0.05) is 42.0 Å². The Morgan fingerprint density at radius 2 is 1.83 bits per heavy atom. The number of ether oxygens (including phenoxy) is 1. The van der Waals surface area contributed by atoms with Crippen LogP contribution in [-0.4, -0.2) is 27.5 Å². The van der Waals surface area contributed by atoms with Crippen LogP contribution in [0.25, 0.3) is 17.8 Å². The van der Waals surface area contributed by atoms with E-state index in [1.54, 1.807) is 30.3 Å². The second-order valence-corrected chi connectivity index (χ2v) is 6.44. The molecule has 0 aliphatic heterocycles. The first-order chi connectivity index (χ1) is 14.4. The summed E-state index contributed by atoms with van der Waals surface area (Å²) in [5.41, 5.74) is 0.805. The highest BCUT2D eigenvalue weighted by molar-refractivity contribution is 5.92. The molecule has 0 saturated carbocycles. The number of aromatic nitrogens is 2. The summed E-state index contributed by atoms with van der Waals surface area (Å²) in [4.78, 5) is 24.7. The van der Waals surface area contributed by atoms with Gasteiger partial charge in [0.2, 0.25) is 0 Å². The summed E-state index contributed by atoms with van der Waals surface area (Å²) in [5, 5.41) is 23.3. The maximum Gasteiger partial charge on any atom is 0.357 e. The first-order valence-corrected chi connectivity index (χ1v) is 9.23. The highest BCUT2D eigenvalue weighted by Gasteiger charge is 2.21. The molecule has 0 spiro atoms. The first kappa shape index (κ1) is 20.6. The van der Waals surface area contributed by atoms with Crippen molar-refractivity contribution in [2.45, 2.75) is 13.8 Å². The number of carboxylic acid groups (broad SMARTS) is 1.